The first-order chi connectivity index (χ1) is 9.51. The smallest absolute Gasteiger partial charge is 0.0384 e. The molecule has 114 valence electrons. The maximum Gasteiger partial charge on any atom is 0.0384 e. The summed E-state index contributed by atoms with van der Waals surface area (Å²) in [5, 5.41) is 3.75. The lowest BCUT2D eigenvalue weighted by Crippen LogP contribution is -2.42. The van der Waals surface area contributed by atoms with Crippen LogP contribution in [0.3, 0.4) is 0 Å². The van der Waals surface area contributed by atoms with Gasteiger partial charge in [-0.2, -0.15) is 0 Å². The van der Waals surface area contributed by atoms with Gasteiger partial charge in [0.1, 0.15) is 0 Å². The molecule has 0 spiro atoms. The Kier molecular flexibility index (Phi) is 7.25. The highest BCUT2D eigenvalue weighted by Gasteiger charge is 2.31. The van der Waals surface area contributed by atoms with Crippen molar-refractivity contribution in [3.63, 3.8) is 0 Å². The molecule has 0 saturated heterocycles. The first-order valence-corrected chi connectivity index (χ1v) is 7.98. The number of rotatable bonds is 9. The van der Waals surface area contributed by atoms with Crippen molar-refractivity contribution in [3.8, 4) is 0 Å². The maximum absolute atomic E-state index is 3.75. The minimum absolute atomic E-state index is 0.209. The van der Waals surface area contributed by atoms with Gasteiger partial charge >= 0.3 is 0 Å². The molecule has 0 bridgehead atoms. The van der Waals surface area contributed by atoms with Crippen LogP contribution in [0.2, 0.25) is 0 Å². The molecule has 1 aromatic rings. The second-order valence-corrected chi connectivity index (χ2v) is 6.52. The van der Waals surface area contributed by atoms with Crippen LogP contribution in [0.4, 0.5) is 0 Å². The lowest BCUT2D eigenvalue weighted by atomic mass is 9.79. The molecule has 2 heteroatoms. The molecule has 0 aliphatic rings. The van der Waals surface area contributed by atoms with Gasteiger partial charge in [0.05, 0.1) is 0 Å². The van der Waals surface area contributed by atoms with Gasteiger partial charge in [-0.1, -0.05) is 58.0 Å². The number of hydrogen-bond acceptors (Lipinski definition) is 2. The highest BCUT2D eigenvalue weighted by molar-refractivity contribution is 5.21. The third kappa shape index (κ3) is 5.26. The topological polar surface area (TPSA) is 15.3 Å². The van der Waals surface area contributed by atoms with Gasteiger partial charge in [-0.05, 0) is 44.0 Å². The molecule has 1 aromatic carbocycles. The van der Waals surface area contributed by atoms with Gasteiger partial charge in [0, 0.05) is 12.6 Å². The molecule has 20 heavy (non-hydrogen) atoms. The largest absolute Gasteiger partial charge is 0.309 e. The maximum atomic E-state index is 3.75. The van der Waals surface area contributed by atoms with E-state index in [1.165, 1.54) is 24.9 Å². The summed E-state index contributed by atoms with van der Waals surface area (Å²) >= 11 is 0. The Morgan fingerprint density at radius 2 is 1.75 bits per heavy atom. The van der Waals surface area contributed by atoms with E-state index < -0.39 is 0 Å². The van der Waals surface area contributed by atoms with E-state index in [-0.39, 0.29) is 5.41 Å². The van der Waals surface area contributed by atoms with Crippen LogP contribution >= 0.6 is 0 Å². The minimum Gasteiger partial charge on any atom is -0.309 e. The van der Waals surface area contributed by atoms with Gasteiger partial charge in [0.25, 0.3) is 0 Å². The average molecular weight is 276 g/mol. The first-order valence-electron chi connectivity index (χ1n) is 7.98. The second-order valence-electron chi connectivity index (χ2n) is 6.52. The number of nitrogens with zero attached hydrogens (tertiary/aromatic N) is 1. The van der Waals surface area contributed by atoms with E-state index in [0.717, 1.165) is 13.1 Å². The summed E-state index contributed by atoms with van der Waals surface area (Å²) in [6.45, 7) is 12.6. The van der Waals surface area contributed by atoms with E-state index >= 15 is 0 Å². The van der Waals surface area contributed by atoms with Crippen LogP contribution < -0.4 is 5.32 Å². The molecule has 0 heterocycles. The molecular weight excluding hydrogens is 244 g/mol. The summed E-state index contributed by atoms with van der Waals surface area (Å²) in [6.07, 6.45) is 2.38. The third-order valence-corrected chi connectivity index (χ3v) is 3.80. The lowest BCUT2D eigenvalue weighted by Gasteiger charge is -2.38. The van der Waals surface area contributed by atoms with Crippen LogP contribution in [-0.2, 0) is 0 Å². The lowest BCUT2D eigenvalue weighted by molar-refractivity contribution is 0.157. The van der Waals surface area contributed by atoms with E-state index in [0.29, 0.717) is 6.04 Å². The molecule has 0 aromatic heterocycles. The van der Waals surface area contributed by atoms with Crippen molar-refractivity contribution < 1.29 is 0 Å². The number of nitrogens with one attached hydrogen (secondary N) is 1. The van der Waals surface area contributed by atoms with Crippen LogP contribution in [0.1, 0.15) is 52.1 Å². The first kappa shape index (κ1) is 17.2. The van der Waals surface area contributed by atoms with Crippen molar-refractivity contribution in [1.29, 1.82) is 0 Å². The average Bonchev–Trinajstić information content (AvgIpc) is 2.39. The fraction of sp³-hybridized carbons (Fsp3) is 0.667. The van der Waals surface area contributed by atoms with Crippen molar-refractivity contribution in [3.05, 3.63) is 35.9 Å². The van der Waals surface area contributed by atoms with Gasteiger partial charge in [-0.3, -0.25) is 0 Å². The van der Waals surface area contributed by atoms with Crippen LogP contribution in [-0.4, -0.2) is 31.6 Å². The van der Waals surface area contributed by atoms with Crippen molar-refractivity contribution >= 4 is 0 Å². The number of hydrogen-bond donors (Lipinski definition) is 1. The molecule has 0 aliphatic heterocycles. The molecule has 1 unspecified atom stereocenters. The quantitative estimate of drug-likeness (QED) is 0.730. The molecule has 1 atom stereocenters. The molecule has 0 aliphatic carbocycles. The zero-order valence-corrected chi connectivity index (χ0v) is 13.9. The molecule has 1 N–H and O–H groups in total. The highest BCUT2D eigenvalue weighted by Crippen LogP contribution is 2.34. The fourth-order valence-corrected chi connectivity index (χ4v) is 3.03. The van der Waals surface area contributed by atoms with Crippen molar-refractivity contribution in [1.82, 2.24) is 10.2 Å². The Morgan fingerprint density at radius 1 is 1.10 bits per heavy atom. The fourth-order valence-electron chi connectivity index (χ4n) is 3.03. The van der Waals surface area contributed by atoms with E-state index in [1.54, 1.807) is 0 Å². The van der Waals surface area contributed by atoms with E-state index in [9.17, 15) is 0 Å². The summed E-state index contributed by atoms with van der Waals surface area (Å²) in [5.41, 5.74) is 1.61. The zero-order valence-electron chi connectivity index (χ0n) is 13.9. The summed E-state index contributed by atoms with van der Waals surface area (Å²) in [4.78, 5) is 2.45. The Bertz CT molecular complexity index is 359. The molecule has 0 amide bonds. The normalized spacial score (nSPS) is 13.7. The van der Waals surface area contributed by atoms with E-state index in [4.69, 9.17) is 0 Å². The summed E-state index contributed by atoms with van der Waals surface area (Å²) in [5.74, 6) is 0. The molecule has 2 nitrogen and oxygen atoms in total. The summed E-state index contributed by atoms with van der Waals surface area (Å²) in [7, 11) is 2.23. The van der Waals surface area contributed by atoms with Crippen molar-refractivity contribution in [2.24, 2.45) is 5.41 Å². The zero-order chi connectivity index (χ0) is 15.0. The predicted molar refractivity (Wildman–Crippen MR) is 89.0 cm³/mol. The summed E-state index contributed by atoms with van der Waals surface area (Å²) in [6, 6.07) is 11.3. The van der Waals surface area contributed by atoms with Gasteiger partial charge in [-0.15, -0.1) is 0 Å². The standard InChI is InChI=1S/C18H32N2/c1-6-13-19-17(16-11-9-8-10-12-16)18(3,4)15-20(5)14-7-2/h8-12,17,19H,6-7,13-15H2,1-5H3. The Labute approximate surface area is 125 Å². The molecule has 0 saturated carbocycles. The Balaban J connectivity index is 2.85. The number of benzene rings is 1. The monoisotopic (exact) mass is 276 g/mol. The van der Waals surface area contributed by atoms with E-state index in [1.807, 2.05) is 0 Å². The molecular formula is C18H32N2. The van der Waals surface area contributed by atoms with Crippen LogP contribution in [0, 0.1) is 5.41 Å². The van der Waals surface area contributed by atoms with Gasteiger partial charge in [0.2, 0.25) is 0 Å². The summed E-state index contributed by atoms with van der Waals surface area (Å²) < 4.78 is 0. The van der Waals surface area contributed by atoms with E-state index in [2.05, 4.69) is 75.3 Å². The van der Waals surface area contributed by atoms with Crippen LogP contribution in [0.5, 0.6) is 0 Å². The second kappa shape index (κ2) is 8.43. The molecule has 0 radical (unpaired) electrons. The Morgan fingerprint density at radius 3 is 2.30 bits per heavy atom. The van der Waals surface area contributed by atoms with Crippen LogP contribution in [0.25, 0.3) is 0 Å². The molecule has 0 fully saturated rings. The third-order valence-electron chi connectivity index (χ3n) is 3.80. The minimum atomic E-state index is 0.209. The van der Waals surface area contributed by atoms with Crippen LogP contribution in [0.15, 0.2) is 30.3 Å². The predicted octanol–water partition coefficient (Wildman–Crippen LogP) is 4.10. The van der Waals surface area contributed by atoms with Crippen molar-refractivity contribution in [2.45, 2.75) is 46.6 Å². The highest BCUT2D eigenvalue weighted by atomic mass is 15.1. The molecule has 1 rings (SSSR count). The van der Waals surface area contributed by atoms with Gasteiger partial charge in [0.15, 0.2) is 0 Å². The SMILES string of the molecule is CCCNC(c1ccccc1)C(C)(C)CN(C)CCC. The van der Waals surface area contributed by atoms with Gasteiger partial charge < -0.3 is 10.2 Å². The van der Waals surface area contributed by atoms with Gasteiger partial charge in [-0.25, -0.2) is 0 Å². The van der Waals surface area contributed by atoms with Crippen molar-refractivity contribution in [2.75, 3.05) is 26.7 Å². The Hall–Kier alpha value is -0.860.